The zero-order valence-electron chi connectivity index (χ0n) is 8.06. The number of hydrogen-bond donors (Lipinski definition) is 1. The van der Waals surface area contributed by atoms with Gasteiger partial charge in [0.15, 0.2) is 0 Å². The van der Waals surface area contributed by atoms with Gasteiger partial charge < -0.3 is 5.32 Å². The Kier molecular flexibility index (Phi) is 4.66. The smallest absolute Gasteiger partial charge is 0.0313 e. The predicted octanol–water partition coefficient (Wildman–Crippen LogP) is 3.85. The maximum atomic E-state index is 5.67. The molecule has 0 unspecified atom stereocenters. The molecule has 1 aromatic rings. The lowest BCUT2D eigenvalue weighted by molar-refractivity contribution is 0.614. The lowest BCUT2D eigenvalue weighted by Gasteiger charge is -2.13. The Labute approximate surface area is 98.3 Å². The summed E-state index contributed by atoms with van der Waals surface area (Å²) in [5.74, 6) is 0. The third kappa shape index (κ3) is 3.82. The topological polar surface area (TPSA) is 12.0 Å². The molecular formula is C11H13BrClN. The zero-order valence-corrected chi connectivity index (χ0v) is 10.4. The molecule has 0 aliphatic carbocycles. The molecule has 0 heterocycles. The van der Waals surface area contributed by atoms with Gasteiger partial charge in [-0.05, 0) is 24.6 Å². The molecule has 3 heteroatoms. The van der Waals surface area contributed by atoms with Crippen molar-refractivity contribution in [1.82, 2.24) is 5.32 Å². The summed E-state index contributed by atoms with van der Waals surface area (Å²) in [4.78, 5) is 0. The van der Waals surface area contributed by atoms with Gasteiger partial charge in [-0.1, -0.05) is 46.2 Å². The van der Waals surface area contributed by atoms with Crippen molar-refractivity contribution >= 4 is 27.5 Å². The van der Waals surface area contributed by atoms with E-state index in [1.54, 1.807) is 0 Å². The minimum absolute atomic E-state index is 0.290. The summed E-state index contributed by atoms with van der Waals surface area (Å²) >= 11 is 9.07. The van der Waals surface area contributed by atoms with Crippen LogP contribution in [0.25, 0.3) is 0 Å². The summed E-state index contributed by atoms with van der Waals surface area (Å²) in [5, 5.41) is 3.90. The van der Waals surface area contributed by atoms with Gasteiger partial charge >= 0.3 is 0 Å². The fourth-order valence-electron chi connectivity index (χ4n) is 1.13. The Morgan fingerprint density at radius 2 is 2.07 bits per heavy atom. The maximum Gasteiger partial charge on any atom is 0.0313 e. The second-order valence-electron chi connectivity index (χ2n) is 3.17. The Hall–Kier alpha value is -0.310. The third-order valence-electron chi connectivity index (χ3n) is 1.97. The molecule has 0 spiro atoms. The molecule has 0 aliphatic heterocycles. The van der Waals surface area contributed by atoms with Gasteiger partial charge in [0.25, 0.3) is 0 Å². The van der Waals surface area contributed by atoms with Gasteiger partial charge in [-0.2, -0.15) is 0 Å². The molecule has 0 aliphatic rings. The summed E-state index contributed by atoms with van der Waals surface area (Å²) < 4.78 is 1.09. The number of rotatable bonds is 4. The molecule has 0 saturated carbocycles. The lowest BCUT2D eigenvalue weighted by atomic mass is 10.1. The first kappa shape index (κ1) is 11.8. The van der Waals surface area contributed by atoms with E-state index in [4.69, 9.17) is 11.6 Å². The van der Waals surface area contributed by atoms with Crippen molar-refractivity contribution < 1.29 is 0 Å². The molecule has 1 nitrogen and oxygen atoms in total. The standard InChI is InChI=1S/C11H13BrClN/c1-8(13)7-14-9(2)10-3-5-11(12)6-4-10/h3-6,9,14H,1,7H2,2H3/t9-/m0/s1. The Morgan fingerprint density at radius 1 is 1.50 bits per heavy atom. The highest BCUT2D eigenvalue weighted by molar-refractivity contribution is 9.10. The summed E-state index contributed by atoms with van der Waals surface area (Å²) in [6, 6.07) is 8.52. The normalized spacial score (nSPS) is 12.5. The Morgan fingerprint density at radius 3 is 2.57 bits per heavy atom. The van der Waals surface area contributed by atoms with Crippen LogP contribution >= 0.6 is 27.5 Å². The largest absolute Gasteiger partial charge is 0.305 e. The van der Waals surface area contributed by atoms with Gasteiger partial charge in [0, 0.05) is 22.1 Å². The van der Waals surface area contributed by atoms with Crippen LogP contribution in [0.2, 0.25) is 0 Å². The quantitative estimate of drug-likeness (QED) is 0.879. The molecule has 0 amide bonds. The minimum atomic E-state index is 0.290. The molecule has 1 N–H and O–H groups in total. The predicted molar refractivity (Wildman–Crippen MR) is 65.6 cm³/mol. The second kappa shape index (κ2) is 5.54. The highest BCUT2D eigenvalue weighted by Crippen LogP contribution is 2.16. The van der Waals surface area contributed by atoms with E-state index in [1.165, 1.54) is 5.56 Å². The SMILES string of the molecule is C=C(Cl)CN[C@@H](C)c1ccc(Br)cc1. The molecule has 0 aromatic heterocycles. The van der Waals surface area contributed by atoms with Gasteiger partial charge in [0.05, 0.1) is 0 Å². The number of halogens is 2. The van der Waals surface area contributed by atoms with Gasteiger partial charge in [-0.15, -0.1) is 0 Å². The van der Waals surface area contributed by atoms with Gasteiger partial charge in [-0.3, -0.25) is 0 Å². The lowest BCUT2D eigenvalue weighted by Crippen LogP contribution is -2.19. The Bertz CT molecular complexity index is 308. The monoisotopic (exact) mass is 273 g/mol. The first-order chi connectivity index (χ1) is 6.59. The number of benzene rings is 1. The van der Waals surface area contributed by atoms with Gasteiger partial charge in [-0.25, -0.2) is 0 Å². The van der Waals surface area contributed by atoms with Crippen LogP contribution < -0.4 is 5.32 Å². The van der Waals surface area contributed by atoms with E-state index < -0.39 is 0 Å². The number of hydrogen-bond acceptors (Lipinski definition) is 1. The van der Waals surface area contributed by atoms with Crippen molar-refractivity contribution in [3.8, 4) is 0 Å². The zero-order chi connectivity index (χ0) is 10.6. The van der Waals surface area contributed by atoms with E-state index in [0.717, 1.165) is 4.47 Å². The van der Waals surface area contributed by atoms with Crippen molar-refractivity contribution in [3.05, 3.63) is 45.9 Å². The van der Waals surface area contributed by atoms with Gasteiger partial charge in [0.2, 0.25) is 0 Å². The average Bonchev–Trinajstić information content (AvgIpc) is 2.15. The molecule has 0 bridgehead atoms. The molecular weight excluding hydrogens is 261 g/mol. The van der Waals surface area contributed by atoms with Gasteiger partial charge in [0.1, 0.15) is 0 Å². The number of nitrogens with one attached hydrogen (secondary N) is 1. The minimum Gasteiger partial charge on any atom is -0.305 e. The van der Waals surface area contributed by atoms with Crippen molar-refractivity contribution in [3.63, 3.8) is 0 Å². The van der Waals surface area contributed by atoms with Crippen LogP contribution in [0, 0.1) is 0 Å². The van der Waals surface area contributed by atoms with Crippen LogP contribution in [-0.2, 0) is 0 Å². The third-order valence-corrected chi connectivity index (χ3v) is 2.63. The summed E-state index contributed by atoms with van der Waals surface area (Å²) in [5.41, 5.74) is 1.24. The second-order valence-corrected chi connectivity index (χ2v) is 4.62. The molecule has 1 atom stereocenters. The van der Waals surface area contributed by atoms with E-state index in [-0.39, 0.29) is 0 Å². The first-order valence-corrected chi connectivity index (χ1v) is 5.59. The molecule has 1 rings (SSSR count). The van der Waals surface area contributed by atoms with Crippen molar-refractivity contribution in [2.24, 2.45) is 0 Å². The van der Waals surface area contributed by atoms with Crippen LogP contribution in [-0.4, -0.2) is 6.54 Å². The fourth-order valence-corrected chi connectivity index (χ4v) is 1.47. The highest BCUT2D eigenvalue weighted by atomic mass is 79.9. The summed E-state index contributed by atoms with van der Waals surface area (Å²) in [7, 11) is 0. The van der Waals surface area contributed by atoms with Crippen molar-refractivity contribution in [2.75, 3.05) is 6.54 Å². The van der Waals surface area contributed by atoms with Crippen molar-refractivity contribution in [1.29, 1.82) is 0 Å². The first-order valence-electron chi connectivity index (χ1n) is 4.41. The molecule has 1 aromatic carbocycles. The van der Waals surface area contributed by atoms with E-state index in [9.17, 15) is 0 Å². The van der Waals surface area contributed by atoms with E-state index in [2.05, 4.69) is 46.9 Å². The summed E-state index contributed by atoms with van der Waals surface area (Å²) in [6.07, 6.45) is 0. The van der Waals surface area contributed by atoms with Crippen molar-refractivity contribution in [2.45, 2.75) is 13.0 Å². The fraction of sp³-hybridized carbons (Fsp3) is 0.273. The van der Waals surface area contributed by atoms with Crippen LogP contribution in [0.3, 0.4) is 0 Å². The van der Waals surface area contributed by atoms with Crippen LogP contribution in [0.15, 0.2) is 40.3 Å². The van der Waals surface area contributed by atoms with E-state index in [0.29, 0.717) is 17.6 Å². The maximum absolute atomic E-state index is 5.67. The molecule has 14 heavy (non-hydrogen) atoms. The van der Waals surface area contributed by atoms with Crippen LogP contribution in [0.4, 0.5) is 0 Å². The van der Waals surface area contributed by atoms with Crippen LogP contribution in [0.1, 0.15) is 18.5 Å². The molecule has 0 fully saturated rings. The highest BCUT2D eigenvalue weighted by Gasteiger charge is 2.03. The van der Waals surface area contributed by atoms with Crippen LogP contribution in [0.5, 0.6) is 0 Å². The van der Waals surface area contributed by atoms with E-state index in [1.807, 2.05) is 12.1 Å². The molecule has 0 radical (unpaired) electrons. The van der Waals surface area contributed by atoms with E-state index >= 15 is 0 Å². The molecule has 76 valence electrons. The average molecular weight is 275 g/mol. The summed E-state index contributed by atoms with van der Waals surface area (Å²) in [6.45, 7) is 6.37. The molecule has 0 saturated heterocycles. The Balaban J connectivity index is 2.56.